The predicted molar refractivity (Wildman–Crippen MR) is 91.5 cm³/mol. The molecule has 1 saturated heterocycles. The number of likely N-dealkylation sites (tertiary alicyclic amines) is 1. The van der Waals surface area contributed by atoms with Crippen molar-refractivity contribution in [2.45, 2.75) is 51.4 Å². The zero-order chi connectivity index (χ0) is 19.3. The van der Waals surface area contributed by atoms with Crippen LogP contribution >= 0.6 is 0 Å². The highest BCUT2D eigenvalue weighted by molar-refractivity contribution is 6.02. The van der Waals surface area contributed by atoms with Crippen molar-refractivity contribution in [2.24, 2.45) is 5.73 Å². The Morgan fingerprint density at radius 3 is 2.73 bits per heavy atom. The molecule has 1 aromatic heterocycles. The van der Waals surface area contributed by atoms with Gasteiger partial charge in [-0.25, -0.2) is 9.78 Å². The lowest BCUT2D eigenvalue weighted by Crippen LogP contribution is -2.53. The highest BCUT2D eigenvalue weighted by atomic mass is 16.6. The SMILES string of the molecule is Cc1ccc2c(n1)OC1(C[C@@H](C(N)=O)N(C(=O)OC(C)(C)C)C1)C(=O)N2. The molecular weight excluding hydrogens is 340 g/mol. The number of carbonyl (C=O) groups is 3. The van der Waals surface area contributed by atoms with E-state index < -0.39 is 35.2 Å². The molecule has 1 fully saturated rings. The van der Waals surface area contributed by atoms with Gasteiger partial charge in [0, 0.05) is 12.1 Å². The lowest BCUT2D eigenvalue weighted by atomic mass is 9.97. The average Bonchev–Trinajstić information content (AvgIpc) is 2.88. The average molecular weight is 362 g/mol. The second kappa shape index (κ2) is 5.86. The lowest BCUT2D eigenvalue weighted by Gasteiger charge is -2.33. The third kappa shape index (κ3) is 3.16. The van der Waals surface area contributed by atoms with Crippen molar-refractivity contribution >= 4 is 23.6 Å². The van der Waals surface area contributed by atoms with E-state index in [1.807, 2.05) is 0 Å². The fourth-order valence-corrected chi connectivity index (χ4v) is 3.05. The topological polar surface area (TPSA) is 124 Å². The number of aryl methyl sites for hydroxylation is 1. The number of rotatable bonds is 1. The normalized spacial score (nSPS) is 24.7. The summed E-state index contributed by atoms with van der Waals surface area (Å²) in [4.78, 5) is 42.5. The number of amides is 3. The van der Waals surface area contributed by atoms with Crippen LogP contribution in [-0.2, 0) is 14.3 Å². The van der Waals surface area contributed by atoms with Gasteiger partial charge in [0.2, 0.25) is 17.4 Å². The zero-order valence-corrected chi connectivity index (χ0v) is 15.2. The van der Waals surface area contributed by atoms with E-state index in [1.54, 1.807) is 39.8 Å². The number of fused-ring (bicyclic) bond motifs is 1. The first-order valence-electron chi connectivity index (χ1n) is 8.28. The zero-order valence-electron chi connectivity index (χ0n) is 15.2. The molecule has 0 radical (unpaired) electrons. The lowest BCUT2D eigenvalue weighted by molar-refractivity contribution is -0.131. The van der Waals surface area contributed by atoms with Crippen LogP contribution in [0.3, 0.4) is 0 Å². The number of pyridine rings is 1. The molecule has 0 saturated carbocycles. The number of ether oxygens (including phenoxy) is 2. The molecule has 3 amide bonds. The van der Waals surface area contributed by atoms with Gasteiger partial charge in [0.05, 0.1) is 6.54 Å². The quantitative estimate of drug-likeness (QED) is 0.767. The van der Waals surface area contributed by atoms with Crippen LogP contribution in [0.2, 0.25) is 0 Å². The summed E-state index contributed by atoms with van der Waals surface area (Å²) in [5.74, 6) is -0.932. The molecular formula is C17H22N4O5. The van der Waals surface area contributed by atoms with E-state index in [2.05, 4.69) is 10.3 Å². The molecule has 1 aromatic rings. The van der Waals surface area contributed by atoms with Gasteiger partial charge in [-0.05, 0) is 39.8 Å². The molecule has 0 aromatic carbocycles. The highest BCUT2D eigenvalue weighted by Gasteiger charge is 2.57. The van der Waals surface area contributed by atoms with Crippen molar-refractivity contribution < 1.29 is 23.9 Å². The Morgan fingerprint density at radius 1 is 1.42 bits per heavy atom. The number of nitrogens with one attached hydrogen (secondary N) is 1. The van der Waals surface area contributed by atoms with E-state index in [0.29, 0.717) is 11.4 Å². The largest absolute Gasteiger partial charge is 0.457 e. The number of nitrogens with zero attached hydrogens (tertiary/aromatic N) is 2. The number of hydrogen-bond donors (Lipinski definition) is 2. The van der Waals surface area contributed by atoms with Gasteiger partial charge < -0.3 is 20.5 Å². The molecule has 3 heterocycles. The van der Waals surface area contributed by atoms with Crippen LogP contribution in [0.15, 0.2) is 12.1 Å². The van der Waals surface area contributed by atoms with Crippen molar-refractivity contribution in [2.75, 3.05) is 11.9 Å². The number of primary amides is 1. The Labute approximate surface area is 150 Å². The second-order valence-electron chi connectivity index (χ2n) is 7.59. The van der Waals surface area contributed by atoms with Crippen LogP contribution in [0.1, 0.15) is 32.9 Å². The second-order valence-corrected chi connectivity index (χ2v) is 7.59. The molecule has 26 heavy (non-hydrogen) atoms. The van der Waals surface area contributed by atoms with Crippen LogP contribution in [0.4, 0.5) is 10.5 Å². The van der Waals surface area contributed by atoms with Gasteiger partial charge in [0.1, 0.15) is 17.3 Å². The Hall–Kier alpha value is -2.84. The summed E-state index contributed by atoms with van der Waals surface area (Å²) >= 11 is 0. The molecule has 140 valence electrons. The minimum atomic E-state index is -1.44. The molecule has 2 aliphatic rings. The summed E-state index contributed by atoms with van der Waals surface area (Å²) in [5, 5.41) is 2.73. The number of hydrogen-bond acceptors (Lipinski definition) is 6. The van der Waals surface area contributed by atoms with E-state index >= 15 is 0 Å². The van der Waals surface area contributed by atoms with Crippen LogP contribution in [0.25, 0.3) is 0 Å². The molecule has 1 spiro atoms. The van der Waals surface area contributed by atoms with Crippen LogP contribution in [0, 0.1) is 6.92 Å². The van der Waals surface area contributed by atoms with Gasteiger partial charge in [-0.3, -0.25) is 14.5 Å². The minimum absolute atomic E-state index is 0.0670. The maximum Gasteiger partial charge on any atom is 0.411 e. The Kier molecular flexibility index (Phi) is 4.05. The molecule has 2 aliphatic heterocycles. The third-order valence-corrected chi connectivity index (χ3v) is 4.24. The summed E-state index contributed by atoms with van der Waals surface area (Å²) in [6, 6.07) is 2.42. The van der Waals surface area contributed by atoms with E-state index in [-0.39, 0.29) is 18.8 Å². The van der Waals surface area contributed by atoms with E-state index in [0.717, 1.165) is 4.90 Å². The van der Waals surface area contributed by atoms with Crippen LogP contribution in [-0.4, -0.2) is 51.6 Å². The first-order valence-corrected chi connectivity index (χ1v) is 8.28. The van der Waals surface area contributed by atoms with Gasteiger partial charge in [-0.2, -0.15) is 0 Å². The number of aromatic nitrogens is 1. The van der Waals surface area contributed by atoms with E-state index in [4.69, 9.17) is 15.2 Å². The van der Waals surface area contributed by atoms with Gasteiger partial charge in [-0.1, -0.05) is 0 Å². The predicted octanol–water partition coefficient (Wildman–Crippen LogP) is 0.954. The monoisotopic (exact) mass is 362 g/mol. The van der Waals surface area contributed by atoms with E-state index in [1.165, 1.54) is 0 Å². The fourth-order valence-electron chi connectivity index (χ4n) is 3.05. The van der Waals surface area contributed by atoms with Crippen LogP contribution < -0.4 is 15.8 Å². The molecule has 3 N–H and O–H groups in total. The highest BCUT2D eigenvalue weighted by Crippen LogP contribution is 2.39. The standard InChI is InChI=1S/C17H22N4O5/c1-9-5-6-10-13(19-9)25-17(14(23)20-10)7-11(12(18)22)21(8-17)15(24)26-16(2,3)4/h5-6,11H,7-8H2,1-4H3,(H2,18,22)(H,20,23)/t11-,17?/m0/s1. The van der Waals surface area contributed by atoms with Crippen LogP contribution in [0.5, 0.6) is 5.88 Å². The number of anilines is 1. The summed E-state index contributed by atoms with van der Waals surface area (Å²) in [7, 11) is 0. The fraction of sp³-hybridized carbons (Fsp3) is 0.529. The number of nitrogens with two attached hydrogens (primary N) is 1. The van der Waals surface area contributed by atoms with Crippen molar-refractivity contribution in [3.8, 4) is 5.88 Å². The molecule has 0 aliphatic carbocycles. The third-order valence-electron chi connectivity index (χ3n) is 4.24. The summed E-state index contributed by atoms with van der Waals surface area (Å²) in [6.07, 6.45) is -0.791. The smallest absolute Gasteiger partial charge is 0.411 e. The van der Waals surface area contributed by atoms with Gasteiger partial charge in [-0.15, -0.1) is 0 Å². The molecule has 9 nitrogen and oxygen atoms in total. The summed E-state index contributed by atoms with van der Waals surface area (Å²) in [5.41, 5.74) is 4.41. The summed E-state index contributed by atoms with van der Waals surface area (Å²) < 4.78 is 11.2. The molecule has 1 unspecified atom stereocenters. The minimum Gasteiger partial charge on any atom is -0.457 e. The first kappa shape index (κ1) is 18.0. The molecule has 3 rings (SSSR count). The maximum absolute atomic E-state index is 12.7. The van der Waals surface area contributed by atoms with Crippen molar-refractivity contribution in [1.82, 2.24) is 9.88 Å². The van der Waals surface area contributed by atoms with Crippen molar-refractivity contribution in [3.05, 3.63) is 17.8 Å². The summed E-state index contributed by atoms with van der Waals surface area (Å²) in [6.45, 7) is 6.77. The van der Waals surface area contributed by atoms with E-state index in [9.17, 15) is 14.4 Å². The van der Waals surface area contributed by atoms with Crippen molar-refractivity contribution in [1.29, 1.82) is 0 Å². The van der Waals surface area contributed by atoms with Gasteiger partial charge >= 0.3 is 6.09 Å². The van der Waals surface area contributed by atoms with Gasteiger partial charge in [0.15, 0.2) is 0 Å². The molecule has 2 atom stereocenters. The Bertz CT molecular complexity index is 788. The van der Waals surface area contributed by atoms with Crippen molar-refractivity contribution in [3.63, 3.8) is 0 Å². The molecule has 9 heteroatoms. The Balaban J connectivity index is 1.92. The number of carbonyl (C=O) groups excluding carboxylic acids is 3. The van der Waals surface area contributed by atoms with Gasteiger partial charge in [0.25, 0.3) is 5.91 Å². The first-order chi connectivity index (χ1) is 12.0. The maximum atomic E-state index is 12.7. The molecule has 0 bridgehead atoms. The Morgan fingerprint density at radius 2 is 2.12 bits per heavy atom.